The molecule has 80 valence electrons. The van der Waals surface area contributed by atoms with E-state index >= 15 is 0 Å². The summed E-state index contributed by atoms with van der Waals surface area (Å²) in [5.74, 6) is 0. The average Bonchev–Trinajstić information content (AvgIpc) is 2.15. The van der Waals surface area contributed by atoms with Gasteiger partial charge in [-0.05, 0) is 27.3 Å². The van der Waals surface area contributed by atoms with Crippen LogP contribution in [0.3, 0.4) is 0 Å². The molecule has 0 aromatic carbocycles. The number of aliphatic hydroxyl groups excluding tert-OH is 1. The topological polar surface area (TPSA) is 32.7 Å². The van der Waals surface area contributed by atoms with E-state index in [0.29, 0.717) is 0 Å². The molecular weight excluding hydrogens is 166 g/mol. The van der Waals surface area contributed by atoms with E-state index in [2.05, 4.69) is 4.90 Å². The number of rotatable bonds is 7. The molecule has 0 heterocycles. The van der Waals surface area contributed by atoms with Gasteiger partial charge in [-0.15, -0.1) is 0 Å². The van der Waals surface area contributed by atoms with Crippen molar-refractivity contribution in [1.29, 1.82) is 0 Å². The second kappa shape index (κ2) is 7.30. The van der Waals surface area contributed by atoms with E-state index in [9.17, 15) is 5.11 Å². The maximum atomic E-state index is 9.57. The first-order valence-corrected chi connectivity index (χ1v) is 5.09. The first-order chi connectivity index (χ1) is 6.13. The van der Waals surface area contributed by atoms with Gasteiger partial charge in [0.25, 0.3) is 0 Å². The summed E-state index contributed by atoms with van der Waals surface area (Å²) in [7, 11) is 2.02. The van der Waals surface area contributed by atoms with Crippen LogP contribution < -0.4 is 0 Å². The first-order valence-electron chi connectivity index (χ1n) is 5.09. The Balaban J connectivity index is 3.62. The zero-order valence-electron chi connectivity index (χ0n) is 9.29. The number of hydrogen-bond donors (Lipinski definition) is 1. The standard InChI is InChI=1S/C10H23NO2/c1-5-10(12)9(3)11(4)7-8-13-6-2/h9-10,12H,5-8H2,1-4H3. The number of hydrogen-bond acceptors (Lipinski definition) is 3. The minimum Gasteiger partial charge on any atom is -0.392 e. The molecule has 0 saturated heterocycles. The van der Waals surface area contributed by atoms with Crippen molar-refractivity contribution in [3.05, 3.63) is 0 Å². The Kier molecular flexibility index (Phi) is 7.23. The van der Waals surface area contributed by atoms with Crippen LogP contribution in [0.25, 0.3) is 0 Å². The molecule has 0 rings (SSSR count). The molecule has 0 bridgehead atoms. The maximum absolute atomic E-state index is 9.57. The van der Waals surface area contributed by atoms with Crippen LogP contribution in [0.15, 0.2) is 0 Å². The summed E-state index contributed by atoms with van der Waals surface area (Å²) in [6.07, 6.45) is 0.576. The van der Waals surface area contributed by atoms with Gasteiger partial charge in [0, 0.05) is 19.2 Å². The molecule has 0 aliphatic rings. The van der Waals surface area contributed by atoms with E-state index in [-0.39, 0.29) is 12.1 Å². The Morgan fingerprint density at radius 3 is 2.46 bits per heavy atom. The predicted octanol–water partition coefficient (Wildman–Crippen LogP) is 1.11. The quantitative estimate of drug-likeness (QED) is 0.609. The lowest BCUT2D eigenvalue weighted by Crippen LogP contribution is -2.40. The van der Waals surface area contributed by atoms with Crippen LogP contribution in [-0.4, -0.2) is 49.0 Å². The van der Waals surface area contributed by atoms with Crippen molar-refractivity contribution in [3.8, 4) is 0 Å². The van der Waals surface area contributed by atoms with Gasteiger partial charge in [0.15, 0.2) is 0 Å². The third-order valence-corrected chi connectivity index (χ3v) is 2.46. The third kappa shape index (κ3) is 5.24. The van der Waals surface area contributed by atoms with E-state index in [1.807, 2.05) is 27.8 Å². The Morgan fingerprint density at radius 2 is 2.00 bits per heavy atom. The van der Waals surface area contributed by atoms with Gasteiger partial charge < -0.3 is 9.84 Å². The summed E-state index contributed by atoms with van der Waals surface area (Å²) in [5.41, 5.74) is 0. The van der Waals surface area contributed by atoms with Gasteiger partial charge in [0.05, 0.1) is 12.7 Å². The second-order valence-electron chi connectivity index (χ2n) is 3.39. The molecule has 0 aliphatic heterocycles. The summed E-state index contributed by atoms with van der Waals surface area (Å²) in [5, 5.41) is 9.57. The summed E-state index contributed by atoms with van der Waals surface area (Å²) in [6.45, 7) is 8.42. The van der Waals surface area contributed by atoms with Crippen LogP contribution in [0.1, 0.15) is 27.2 Å². The highest BCUT2D eigenvalue weighted by Crippen LogP contribution is 2.04. The molecule has 0 saturated carbocycles. The summed E-state index contributed by atoms with van der Waals surface area (Å²) in [4.78, 5) is 2.13. The van der Waals surface area contributed by atoms with Gasteiger partial charge in [-0.2, -0.15) is 0 Å². The van der Waals surface area contributed by atoms with Crippen LogP contribution in [0.5, 0.6) is 0 Å². The van der Waals surface area contributed by atoms with Crippen molar-refractivity contribution >= 4 is 0 Å². The van der Waals surface area contributed by atoms with Crippen molar-refractivity contribution in [2.75, 3.05) is 26.8 Å². The van der Waals surface area contributed by atoms with Crippen LogP contribution in [0, 0.1) is 0 Å². The Labute approximate surface area is 81.7 Å². The molecule has 1 N–H and O–H groups in total. The van der Waals surface area contributed by atoms with Gasteiger partial charge in [-0.3, -0.25) is 4.90 Å². The molecule has 0 aromatic heterocycles. The molecule has 3 nitrogen and oxygen atoms in total. The zero-order chi connectivity index (χ0) is 10.3. The fourth-order valence-corrected chi connectivity index (χ4v) is 1.19. The monoisotopic (exact) mass is 189 g/mol. The minimum absolute atomic E-state index is 0.213. The fourth-order valence-electron chi connectivity index (χ4n) is 1.19. The van der Waals surface area contributed by atoms with Crippen molar-refractivity contribution in [3.63, 3.8) is 0 Å². The normalized spacial score (nSPS) is 16.2. The summed E-state index contributed by atoms with van der Waals surface area (Å²) >= 11 is 0. The molecule has 13 heavy (non-hydrogen) atoms. The lowest BCUT2D eigenvalue weighted by molar-refractivity contribution is 0.0483. The molecule has 0 amide bonds. The lowest BCUT2D eigenvalue weighted by Gasteiger charge is -2.28. The highest BCUT2D eigenvalue weighted by molar-refractivity contribution is 4.70. The largest absolute Gasteiger partial charge is 0.392 e. The minimum atomic E-state index is -0.230. The zero-order valence-corrected chi connectivity index (χ0v) is 9.29. The predicted molar refractivity (Wildman–Crippen MR) is 54.9 cm³/mol. The van der Waals surface area contributed by atoms with Crippen molar-refractivity contribution in [2.45, 2.75) is 39.3 Å². The van der Waals surface area contributed by atoms with Crippen molar-refractivity contribution in [1.82, 2.24) is 4.90 Å². The number of ether oxygens (including phenoxy) is 1. The number of aliphatic hydroxyl groups is 1. The van der Waals surface area contributed by atoms with Gasteiger partial charge in [-0.25, -0.2) is 0 Å². The first kappa shape index (κ1) is 12.9. The Morgan fingerprint density at radius 1 is 1.38 bits per heavy atom. The highest BCUT2D eigenvalue weighted by Gasteiger charge is 2.16. The van der Waals surface area contributed by atoms with E-state index in [4.69, 9.17) is 4.74 Å². The van der Waals surface area contributed by atoms with Crippen LogP contribution in [0.2, 0.25) is 0 Å². The second-order valence-corrected chi connectivity index (χ2v) is 3.39. The van der Waals surface area contributed by atoms with E-state index in [0.717, 1.165) is 26.2 Å². The highest BCUT2D eigenvalue weighted by atomic mass is 16.5. The van der Waals surface area contributed by atoms with Gasteiger partial charge in [0.2, 0.25) is 0 Å². The molecule has 0 spiro atoms. The molecule has 0 aliphatic carbocycles. The van der Waals surface area contributed by atoms with Crippen molar-refractivity contribution < 1.29 is 9.84 Å². The van der Waals surface area contributed by atoms with E-state index < -0.39 is 0 Å². The molecule has 0 aromatic rings. The van der Waals surface area contributed by atoms with Crippen LogP contribution in [0.4, 0.5) is 0 Å². The summed E-state index contributed by atoms with van der Waals surface area (Å²) in [6, 6.07) is 0.213. The SMILES string of the molecule is CCOCCN(C)C(C)C(O)CC. The Hall–Kier alpha value is -0.120. The van der Waals surface area contributed by atoms with Crippen LogP contribution >= 0.6 is 0 Å². The average molecular weight is 189 g/mol. The van der Waals surface area contributed by atoms with Gasteiger partial charge in [-0.1, -0.05) is 6.92 Å². The molecule has 3 heteroatoms. The number of likely N-dealkylation sites (N-methyl/N-ethyl adjacent to an activating group) is 1. The fraction of sp³-hybridized carbons (Fsp3) is 1.00. The lowest BCUT2D eigenvalue weighted by atomic mass is 10.1. The third-order valence-electron chi connectivity index (χ3n) is 2.46. The van der Waals surface area contributed by atoms with E-state index in [1.54, 1.807) is 0 Å². The molecule has 2 atom stereocenters. The molecule has 2 unspecified atom stereocenters. The maximum Gasteiger partial charge on any atom is 0.0690 e. The smallest absolute Gasteiger partial charge is 0.0690 e. The molecule has 0 radical (unpaired) electrons. The molecular formula is C10H23NO2. The Bertz CT molecular complexity index is 119. The van der Waals surface area contributed by atoms with Gasteiger partial charge >= 0.3 is 0 Å². The van der Waals surface area contributed by atoms with Crippen molar-refractivity contribution in [2.24, 2.45) is 0 Å². The summed E-state index contributed by atoms with van der Waals surface area (Å²) < 4.78 is 5.24. The van der Waals surface area contributed by atoms with Gasteiger partial charge in [0.1, 0.15) is 0 Å². The molecule has 0 fully saturated rings. The van der Waals surface area contributed by atoms with Crippen LogP contribution in [-0.2, 0) is 4.74 Å². The van der Waals surface area contributed by atoms with E-state index in [1.165, 1.54) is 0 Å². The number of nitrogens with zero attached hydrogens (tertiary/aromatic N) is 1.